The maximum Gasteiger partial charge on any atom is 0.305 e. The number of carbonyl (C=O) groups excluding carboxylic acids is 2. The van der Waals surface area contributed by atoms with E-state index in [2.05, 4.69) is 25.0 Å². The summed E-state index contributed by atoms with van der Waals surface area (Å²) < 4.78 is 37.9. The molecule has 0 aliphatic carbocycles. The van der Waals surface area contributed by atoms with Gasteiger partial charge >= 0.3 is 5.97 Å². The number of methoxy groups -OCH3 is 1. The summed E-state index contributed by atoms with van der Waals surface area (Å²) in [5, 5.41) is 12.1. The van der Waals surface area contributed by atoms with Crippen molar-refractivity contribution in [1.82, 2.24) is 15.0 Å². The Labute approximate surface area is 201 Å². The highest BCUT2D eigenvalue weighted by atomic mass is 32.2. The number of nitrogens with zero attached hydrogens (tertiary/aromatic N) is 4. The van der Waals surface area contributed by atoms with Crippen LogP contribution in [0.25, 0.3) is 11.3 Å². The number of benzene rings is 1. The van der Waals surface area contributed by atoms with E-state index in [4.69, 9.17) is 11.2 Å². The molecule has 0 radical (unpaired) electrons. The van der Waals surface area contributed by atoms with Crippen molar-refractivity contribution in [2.24, 2.45) is 0 Å². The Hall–Kier alpha value is -3.97. The highest BCUT2D eigenvalue weighted by molar-refractivity contribution is 7.98. The highest BCUT2D eigenvalue weighted by Crippen LogP contribution is 2.29. The first-order valence-corrected chi connectivity index (χ1v) is 10.7. The van der Waals surface area contributed by atoms with Crippen LogP contribution in [-0.4, -0.2) is 33.9 Å². The van der Waals surface area contributed by atoms with Gasteiger partial charge in [0.05, 0.1) is 30.4 Å². The summed E-state index contributed by atoms with van der Waals surface area (Å²) in [5.41, 5.74) is 6.51. The summed E-state index contributed by atoms with van der Waals surface area (Å²) in [6, 6.07) is 5.28. The zero-order chi connectivity index (χ0) is 27.3. The molecule has 0 bridgehead atoms. The number of pyridine rings is 1. The number of thioether (sulfide) groups is 1. The van der Waals surface area contributed by atoms with Crippen LogP contribution in [0.3, 0.4) is 0 Å². The number of ether oxygens (including phenoxy) is 1. The zero-order valence-corrected chi connectivity index (χ0v) is 18.7. The second-order valence-electron chi connectivity index (χ2n) is 6.64. The van der Waals surface area contributed by atoms with Crippen LogP contribution in [0, 0.1) is 11.3 Å². The molecule has 0 unspecified atom stereocenters. The van der Waals surface area contributed by atoms with Crippen LogP contribution in [0.2, 0.25) is 0 Å². The molecule has 2 aromatic heterocycles. The number of amides is 1. The minimum Gasteiger partial charge on any atom is -0.469 e. The van der Waals surface area contributed by atoms with Crippen LogP contribution < -0.4 is 11.1 Å². The van der Waals surface area contributed by atoms with E-state index in [1.807, 2.05) is 6.07 Å². The van der Waals surface area contributed by atoms with Gasteiger partial charge in [0.2, 0.25) is 5.91 Å². The van der Waals surface area contributed by atoms with Gasteiger partial charge in [0.15, 0.2) is 5.16 Å². The number of nitrogen functional groups attached to an aromatic ring is 1. The van der Waals surface area contributed by atoms with Gasteiger partial charge in [-0.2, -0.15) is 5.26 Å². The number of hydrogen-bond donors (Lipinski definition) is 2. The van der Waals surface area contributed by atoms with Gasteiger partial charge in [-0.25, -0.2) is 9.97 Å². The first-order valence-electron chi connectivity index (χ1n) is 11.7. The Morgan fingerprint density at radius 3 is 2.61 bits per heavy atom. The SMILES string of the molecule is [2H]c1c([2H])c(-c2nc(SCc3cccc(CCC(=O)OC)n3)nc(N)c2C#N)c([2H])c([2H])c1NC(C)=O. The molecule has 0 fully saturated rings. The molecule has 3 N–H and O–H groups in total. The van der Waals surface area contributed by atoms with Gasteiger partial charge in [0.1, 0.15) is 17.5 Å². The monoisotopic (exact) mass is 466 g/mol. The number of nitrogens with two attached hydrogens (primary N) is 1. The normalized spacial score (nSPS) is 12.0. The van der Waals surface area contributed by atoms with E-state index < -0.39 is 30.1 Å². The number of nitrogens with one attached hydrogen (secondary N) is 1. The van der Waals surface area contributed by atoms with Gasteiger partial charge in [-0.3, -0.25) is 14.6 Å². The summed E-state index contributed by atoms with van der Waals surface area (Å²) in [6.45, 7) is 1.19. The first-order chi connectivity index (χ1) is 17.6. The fraction of sp³-hybridized carbons (Fsp3) is 0.217. The van der Waals surface area contributed by atoms with Crippen molar-refractivity contribution in [2.75, 3.05) is 18.2 Å². The second kappa shape index (κ2) is 11.1. The number of carbonyl (C=O) groups is 2. The minimum atomic E-state index is -0.556. The van der Waals surface area contributed by atoms with E-state index in [0.29, 0.717) is 23.6 Å². The lowest BCUT2D eigenvalue weighted by Gasteiger charge is -2.10. The molecule has 33 heavy (non-hydrogen) atoms. The average molecular weight is 467 g/mol. The van der Waals surface area contributed by atoms with Gasteiger partial charge in [0, 0.05) is 36.0 Å². The molecule has 9 nitrogen and oxygen atoms in total. The topological polar surface area (TPSA) is 144 Å². The lowest BCUT2D eigenvalue weighted by molar-refractivity contribution is -0.140. The molecule has 10 heteroatoms. The molecule has 0 atom stereocenters. The molecular formula is C23H22N6O3S. The second-order valence-corrected chi connectivity index (χ2v) is 7.59. The fourth-order valence-electron chi connectivity index (χ4n) is 2.70. The van der Waals surface area contributed by atoms with Gasteiger partial charge in [0.25, 0.3) is 0 Å². The third-order valence-electron chi connectivity index (χ3n) is 4.22. The van der Waals surface area contributed by atoms with E-state index in [-0.39, 0.29) is 45.9 Å². The number of rotatable bonds is 8. The van der Waals surface area contributed by atoms with Crippen molar-refractivity contribution in [3.05, 3.63) is 59.3 Å². The first kappa shape index (κ1) is 18.6. The van der Waals surface area contributed by atoms with Crippen molar-refractivity contribution < 1.29 is 19.8 Å². The van der Waals surface area contributed by atoms with E-state index >= 15 is 0 Å². The Morgan fingerprint density at radius 2 is 1.94 bits per heavy atom. The predicted molar refractivity (Wildman–Crippen MR) is 125 cm³/mol. The molecule has 3 aromatic rings. The summed E-state index contributed by atoms with van der Waals surface area (Å²) >= 11 is 1.15. The van der Waals surface area contributed by atoms with Gasteiger partial charge in [-0.15, -0.1) is 0 Å². The highest BCUT2D eigenvalue weighted by Gasteiger charge is 2.15. The van der Waals surface area contributed by atoms with Crippen molar-refractivity contribution in [2.45, 2.75) is 30.7 Å². The molecular weight excluding hydrogens is 440 g/mol. The van der Waals surface area contributed by atoms with Crippen LogP contribution in [0.15, 0.2) is 47.5 Å². The quantitative estimate of drug-likeness (QED) is 0.290. The Morgan fingerprint density at radius 1 is 1.21 bits per heavy atom. The van der Waals surface area contributed by atoms with Gasteiger partial charge in [-0.05, 0) is 24.2 Å². The van der Waals surface area contributed by atoms with E-state index in [1.165, 1.54) is 14.0 Å². The molecule has 0 aliphatic heterocycles. The number of nitriles is 1. The Kier molecular flexibility index (Phi) is 6.23. The molecule has 1 amide bonds. The fourth-order valence-corrected chi connectivity index (χ4v) is 3.46. The van der Waals surface area contributed by atoms with Crippen LogP contribution in [0.1, 0.15) is 35.8 Å². The summed E-state index contributed by atoms with van der Waals surface area (Å²) in [5.74, 6) is -0.764. The van der Waals surface area contributed by atoms with Crippen molar-refractivity contribution in [3.8, 4) is 17.3 Å². The molecule has 0 saturated heterocycles. The maximum absolute atomic E-state index is 11.5. The molecule has 3 rings (SSSR count). The molecule has 0 spiro atoms. The van der Waals surface area contributed by atoms with E-state index in [9.17, 15) is 14.9 Å². The number of hydrogen-bond acceptors (Lipinski definition) is 9. The van der Waals surface area contributed by atoms with E-state index in [0.717, 1.165) is 11.8 Å². The van der Waals surface area contributed by atoms with Crippen LogP contribution in [0.4, 0.5) is 11.5 Å². The summed E-state index contributed by atoms with van der Waals surface area (Å²) in [6.07, 6.45) is 0.605. The van der Waals surface area contributed by atoms with Crippen molar-refractivity contribution in [1.29, 1.82) is 5.26 Å². The van der Waals surface area contributed by atoms with Gasteiger partial charge in [-0.1, -0.05) is 29.9 Å². The average Bonchev–Trinajstić information content (AvgIpc) is 2.87. The van der Waals surface area contributed by atoms with Crippen LogP contribution in [0.5, 0.6) is 0 Å². The largest absolute Gasteiger partial charge is 0.469 e. The third-order valence-corrected chi connectivity index (χ3v) is 5.10. The number of esters is 1. The van der Waals surface area contributed by atoms with E-state index in [1.54, 1.807) is 18.2 Å². The maximum atomic E-state index is 11.5. The molecule has 1 aromatic carbocycles. The zero-order valence-electron chi connectivity index (χ0n) is 21.9. The van der Waals surface area contributed by atoms with Crippen LogP contribution in [-0.2, 0) is 26.5 Å². The lowest BCUT2D eigenvalue weighted by Crippen LogP contribution is -2.06. The van der Waals surface area contributed by atoms with Gasteiger partial charge < -0.3 is 15.8 Å². The lowest BCUT2D eigenvalue weighted by atomic mass is 10.1. The summed E-state index contributed by atoms with van der Waals surface area (Å²) in [4.78, 5) is 35.9. The smallest absolute Gasteiger partial charge is 0.305 e. The third kappa shape index (κ3) is 6.51. The number of anilines is 2. The molecule has 2 heterocycles. The number of aryl methyl sites for hydroxylation is 1. The van der Waals surface area contributed by atoms with Crippen molar-refractivity contribution >= 4 is 35.1 Å². The van der Waals surface area contributed by atoms with Crippen molar-refractivity contribution in [3.63, 3.8) is 0 Å². The Bertz CT molecular complexity index is 1400. The molecule has 0 saturated carbocycles. The van der Waals surface area contributed by atoms with Crippen LogP contribution >= 0.6 is 11.8 Å². The Balaban J connectivity index is 1.98. The predicted octanol–water partition coefficient (Wildman–Crippen LogP) is 3.35. The standard InChI is InChI=1S/C23H22N6O3S/c1-14(30)26-17-8-6-15(7-9-17)21-19(12-24)22(25)29-23(28-21)33-13-18-5-3-4-16(27-18)10-11-20(31)32-2/h3-9H,10-11,13H2,1-2H3,(H,26,30)(H2,25,28,29)/i6D,7D,8D,9D. The number of aromatic nitrogens is 3. The minimum absolute atomic E-state index is 0.135. The molecule has 0 aliphatic rings. The molecule has 168 valence electrons. The summed E-state index contributed by atoms with van der Waals surface area (Å²) in [7, 11) is 1.32.